The van der Waals surface area contributed by atoms with Crippen molar-refractivity contribution in [3.05, 3.63) is 66.2 Å². The second kappa shape index (κ2) is 7.92. The molecule has 1 saturated heterocycles. The number of benzene rings is 2. The number of hydrogen-bond donors (Lipinski definition) is 0. The van der Waals surface area contributed by atoms with Crippen molar-refractivity contribution in [2.75, 3.05) is 31.1 Å². The predicted octanol–water partition coefficient (Wildman–Crippen LogP) is 2.17. The third-order valence-corrected chi connectivity index (χ3v) is 7.42. The molecule has 1 aliphatic rings. The van der Waals surface area contributed by atoms with Crippen LogP contribution in [-0.2, 0) is 10.0 Å². The van der Waals surface area contributed by atoms with Gasteiger partial charge in [-0.25, -0.2) is 22.8 Å². The SMILES string of the molecule is Cc1ccc(-n2nnc3c(N4CCN(S(=O)(=O)c5ccccc5F)CC4)ncnc32)cc1. The molecule has 0 unspecified atom stereocenters. The third-order valence-electron chi connectivity index (χ3n) is 5.49. The van der Waals surface area contributed by atoms with Crippen LogP contribution in [0.5, 0.6) is 0 Å². The van der Waals surface area contributed by atoms with Gasteiger partial charge in [0.25, 0.3) is 0 Å². The summed E-state index contributed by atoms with van der Waals surface area (Å²) in [6, 6.07) is 13.3. The van der Waals surface area contributed by atoms with Gasteiger partial charge < -0.3 is 4.90 Å². The number of sulfonamides is 1. The summed E-state index contributed by atoms with van der Waals surface area (Å²) in [6.07, 6.45) is 1.45. The summed E-state index contributed by atoms with van der Waals surface area (Å²) in [7, 11) is -3.91. The van der Waals surface area contributed by atoms with E-state index in [9.17, 15) is 12.8 Å². The molecule has 11 heteroatoms. The van der Waals surface area contributed by atoms with E-state index in [4.69, 9.17) is 0 Å². The minimum Gasteiger partial charge on any atom is -0.352 e. The van der Waals surface area contributed by atoms with E-state index in [1.807, 2.05) is 36.1 Å². The van der Waals surface area contributed by atoms with E-state index in [2.05, 4.69) is 20.3 Å². The van der Waals surface area contributed by atoms with Gasteiger partial charge in [-0.1, -0.05) is 35.0 Å². The van der Waals surface area contributed by atoms with Gasteiger partial charge in [0.2, 0.25) is 10.0 Å². The molecule has 0 saturated carbocycles. The summed E-state index contributed by atoms with van der Waals surface area (Å²) in [5.41, 5.74) is 3.08. The van der Waals surface area contributed by atoms with Gasteiger partial charge in [-0.2, -0.15) is 8.99 Å². The zero-order chi connectivity index (χ0) is 22.3. The van der Waals surface area contributed by atoms with E-state index in [0.29, 0.717) is 30.1 Å². The zero-order valence-electron chi connectivity index (χ0n) is 17.3. The highest BCUT2D eigenvalue weighted by atomic mass is 32.2. The normalized spacial score (nSPS) is 15.4. The first-order valence-electron chi connectivity index (χ1n) is 10.1. The smallest absolute Gasteiger partial charge is 0.246 e. The number of fused-ring (bicyclic) bond motifs is 1. The van der Waals surface area contributed by atoms with Crippen molar-refractivity contribution in [3.63, 3.8) is 0 Å². The Labute approximate surface area is 184 Å². The standard InChI is InChI=1S/C21H20FN7O2S/c1-15-6-8-16(9-7-15)29-21-19(25-26-29)20(23-14-24-21)27-10-12-28(13-11-27)32(30,31)18-5-3-2-4-17(18)22/h2-9,14H,10-13H2,1H3. The molecule has 1 fully saturated rings. The molecule has 0 amide bonds. The third kappa shape index (κ3) is 3.49. The first-order valence-corrected chi connectivity index (χ1v) is 11.5. The first-order chi connectivity index (χ1) is 15.4. The molecule has 0 radical (unpaired) electrons. The van der Waals surface area contributed by atoms with Gasteiger partial charge in [-0.3, -0.25) is 0 Å². The maximum atomic E-state index is 14.1. The maximum absolute atomic E-state index is 14.1. The molecule has 1 aliphatic heterocycles. The molecule has 5 rings (SSSR count). The zero-order valence-corrected chi connectivity index (χ0v) is 18.1. The largest absolute Gasteiger partial charge is 0.352 e. The van der Waals surface area contributed by atoms with Gasteiger partial charge in [-0.15, -0.1) is 5.10 Å². The van der Waals surface area contributed by atoms with Gasteiger partial charge in [0, 0.05) is 26.2 Å². The second-order valence-electron chi connectivity index (χ2n) is 7.53. The van der Waals surface area contributed by atoms with Crippen molar-refractivity contribution in [1.29, 1.82) is 0 Å². The molecule has 0 spiro atoms. The van der Waals surface area contributed by atoms with E-state index in [1.165, 1.54) is 28.8 Å². The minimum atomic E-state index is -3.91. The minimum absolute atomic E-state index is 0.203. The van der Waals surface area contributed by atoms with Gasteiger partial charge in [0.15, 0.2) is 17.0 Å². The Bertz CT molecular complexity index is 1380. The highest BCUT2D eigenvalue weighted by Crippen LogP contribution is 2.26. The Kier molecular flexibility index (Phi) is 5.06. The average Bonchev–Trinajstić information content (AvgIpc) is 3.24. The highest BCUT2D eigenvalue weighted by molar-refractivity contribution is 7.89. The van der Waals surface area contributed by atoms with Crippen LogP contribution >= 0.6 is 0 Å². The van der Waals surface area contributed by atoms with E-state index in [0.717, 1.165) is 17.3 Å². The number of halogens is 1. The molecule has 0 bridgehead atoms. The lowest BCUT2D eigenvalue weighted by molar-refractivity contribution is 0.381. The highest BCUT2D eigenvalue weighted by Gasteiger charge is 2.31. The first kappa shape index (κ1) is 20.5. The summed E-state index contributed by atoms with van der Waals surface area (Å²) < 4.78 is 42.7. The molecular formula is C21H20FN7O2S. The Balaban J connectivity index is 1.40. The van der Waals surface area contributed by atoms with Gasteiger partial charge in [0.1, 0.15) is 17.0 Å². The topological polar surface area (TPSA) is 97.1 Å². The van der Waals surface area contributed by atoms with E-state index in [-0.39, 0.29) is 18.0 Å². The monoisotopic (exact) mass is 453 g/mol. The summed E-state index contributed by atoms with van der Waals surface area (Å²) in [6.45, 7) is 3.19. The quantitative estimate of drug-likeness (QED) is 0.467. The predicted molar refractivity (Wildman–Crippen MR) is 117 cm³/mol. The molecule has 2 aromatic heterocycles. The van der Waals surface area contributed by atoms with Gasteiger partial charge in [-0.05, 0) is 31.2 Å². The average molecular weight is 454 g/mol. The van der Waals surface area contributed by atoms with E-state index in [1.54, 1.807) is 4.68 Å². The number of aryl methyl sites for hydroxylation is 1. The fourth-order valence-corrected chi connectivity index (χ4v) is 5.25. The molecule has 0 N–H and O–H groups in total. The summed E-state index contributed by atoms with van der Waals surface area (Å²) >= 11 is 0. The molecule has 2 aromatic carbocycles. The number of nitrogens with zero attached hydrogens (tertiary/aromatic N) is 7. The lowest BCUT2D eigenvalue weighted by Gasteiger charge is -2.34. The molecule has 4 aromatic rings. The lowest BCUT2D eigenvalue weighted by Crippen LogP contribution is -2.49. The van der Waals surface area contributed by atoms with Crippen LogP contribution in [0.2, 0.25) is 0 Å². The lowest BCUT2D eigenvalue weighted by atomic mass is 10.2. The number of piperazine rings is 1. The van der Waals surface area contributed by atoms with Crippen LogP contribution in [0.25, 0.3) is 16.9 Å². The van der Waals surface area contributed by atoms with Crippen LogP contribution in [-0.4, -0.2) is 63.9 Å². The molecule has 0 aliphatic carbocycles. The van der Waals surface area contributed by atoms with Crippen molar-refractivity contribution in [2.45, 2.75) is 11.8 Å². The Morgan fingerprint density at radius 3 is 2.38 bits per heavy atom. The van der Waals surface area contributed by atoms with Gasteiger partial charge in [0.05, 0.1) is 5.69 Å². The molecule has 32 heavy (non-hydrogen) atoms. The second-order valence-corrected chi connectivity index (χ2v) is 9.43. The van der Waals surface area contributed by atoms with Crippen molar-refractivity contribution in [3.8, 4) is 5.69 Å². The van der Waals surface area contributed by atoms with Crippen LogP contribution in [0.1, 0.15) is 5.56 Å². The summed E-state index contributed by atoms with van der Waals surface area (Å²) in [4.78, 5) is 10.4. The number of rotatable bonds is 4. The van der Waals surface area contributed by atoms with Crippen molar-refractivity contribution in [2.24, 2.45) is 0 Å². The molecule has 0 atom stereocenters. The van der Waals surface area contributed by atoms with Crippen LogP contribution in [0.4, 0.5) is 10.2 Å². The fourth-order valence-electron chi connectivity index (χ4n) is 3.76. The molecule has 3 heterocycles. The Morgan fingerprint density at radius 1 is 0.938 bits per heavy atom. The molecule has 9 nitrogen and oxygen atoms in total. The Morgan fingerprint density at radius 2 is 1.66 bits per heavy atom. The number of anilines is 1. The molecule has 164 valence electrons. The van der Waals surface area contributed by atoms with Crippen LogP contribution in [0, 0.1) is 12.7 Å². The van der Waals surface area contributed by atoms with Crippen LogP contribution in [0.3, 0.4) is 0 Å². The van der Waals surface area contributed by atoms with Crippen molar-refractivity contribution in [1.82, 2.24) is 29.3 Å². The van der Waals surface area contributed by atoms with E-state index < -0.39 is 15.8 Å². The van der Waals surface area contributed by atoms with E-state index >= 15 is 0 Å². The van der Waals surface area contributed by atoms with Crippen LogP contribution in [0.15, 0.2) is 59.8 Å². The molecular weight excluding hydrogens is 433 g/mol. The Hall–Kier alpha value is -3.44. The summed E-state index contributed by atoms with van der Waals surface area (Å²) in [5, 5.41) is 8.53. The number of hydrogen-bond acceptors (Lipinski definition) is 7. The maximum Gasteiger partial charge on any atom is 0.246 e. The summed E-state index contributed by atoms with van der Waals surface area (Å²) in [5.74, 6) is -0.156. The number of aromatic nitrogens is 5. The fraction of sp³-hybridized carbons (Fsp3) is 0.238. The van der Waals surface area contributed by atoms with Gasteiger partial charge >= 0.3 is 0 Å². The van der Waals surface area contributed by atoms with Crippen LogP contribution < -0.4 is 4.90 Å². The van der Waals surface area contributed by atoms with Crippen molar-refractivity contribution < 1.29 is 12.8 Å². The van der Waals surface area contributed by atoms with Crippen molar-refractivity contribution >= 4 is 27.0 Å².